The fourth-order valence-electron chi connectivity index (χ4n) is 1.75. The summed E-state index contributed by atoms with van der Waals surface area (Å²) in [7, 11) is 1.67. The Morgan fingerprint density at radius 1 is 1.38 bits per heavy atom. The van der Waals surface area contributed by atoms with Crippen molar-refractivity contribution < 1.29 is 14.7 Å². The smallest absolute Gasteiger partial charge is 0.328 e. The first kappa shape index (κ1) is 14.4. The summed E-state index contributed by atoms with van der Waals surface area (Å²) >= 11 is 0. The molecule has 0 aliphatic carbocycles. The van der Waals surface area contributed by atoms with Gasteiger partial charge in [0.05, 0.1) is 0 Å². The van der Waals surface area contributed by atoms with Crippen LogP contribution >= 0.6 is 0 Å². The van der Waals surface area contributed by atoms with E-state index in [4.69, 9.17) is 5.11 Å². The van der Waals surface area contributed by atoms with Crippen molar-refractivity contribution in [2.24, 2.45) is 7.05 Å². The van der Waals surface area contributed by atoms with E-state index in [-0.39, 0.29) is 5.91 Å². The van der Waals surface area contributed by atoms with Crippen LogP contribution in [0.25, 0.3) is 6.08 Å². The van der Waals surface area contributed by atoms with Gasteiger partial charge in [-0.15, -0.1) is 0 Å². The van der Waals surface area contributed by atoms with Crippen LogP contribution in [-0.4, -0.2) is 31.7 Å². The number of carboxylic acid groups (broad SMARTS) is 1. The molecule has 0 saturated carbocycles. The molecule has 1 amide bonds. The maximum atomic E-state index is 12.1. The van der Waals surface area contributed by atoms with E-state index in [2.05, 4.69) is 15.4 Å². The molecule has 0 atom stereocenters. The Balaban J connectivity index is 2.18. The quantitative estimate of drug-likeness (QED) is 0.830. The van der Waals surface area contributed by atoms with Crippen LogP contribution in [0.15, 0.2) is 30.6 Å². The maximum Gasteiger partial charge on any atom is 0.328 e. The number of anilines is 1. The lowest BCUT2D eigenvalue weighted by Gasteiger charge is -2.06. The van der Waals surface area contributed by atoms with Gasteiger partial charge in [-0.1, -0.05) is 6.07 Å². The third kappa shape index (κ3) is 3.53. The molecule has 2 rings (SSSR count). The van der Waals surface area contributed by atoms with Crippen molar-refractivity contribution in [3.63, 3.8) is 0 Å². The van der Waals surface area contributed by atoms with Crippen molar-refractivity contribution in [1.82, 2.24) is 14.8 Å². The number of carbonyl (C=O) groups excluding carboxylic acids is 1. The molecule has 7 nitrogen and oxygen atoms in total. The fraction of sp³-hybridized carbons (Fsp3) is 0.143. The van der Waals surface area contributed by atoms with Gasteiger partial charge in [-0.05, 0) is 36.3 Å². The van der Waals surface area contributed by atoms with Gasteiger partial charge in [0.2, 0.25) is 5.95 Å². The molecule has 0 aliphatic rings. The van der Waals surface area contributed by atoms with Crippen molar-refractivity contribution in [2.45, 2.75) is 6.92 Å². The molecule has 0 unspecified atom stereocenters. The number of benzene rings is 1. The Morgan fingerprint density at radius 3 is 2.71 bits per heavy atom. The summed E-state index contributed by atoms with van der Waals surface area (Å²) in [5.41, 5.74) is 2.01. The highest BCUT2D eigenvalue weighted by Crippen LogP contribution is 2.14. The maximum absolute atomic E-state index is 12.1. The van der Waals surface area contributed by atoms with Crippen LogP contribution in [0, 0.1) is 6.92 Å². The summed E-state index contributed by atoms with van der Waals surface area (Å²) in [6.45, 7) is 1.81. The second-order valence-electron chi connectivity index (χ2n) is 4.40. The lowest BCUT2D eigenvalue weighted by molar-refractivity contribution is -0.131. The zero-order chi connectivity index (χ0) is 15.4. The highest BCUT2D eigenvalue weighted by molar-refractivity contribution is 6.03. The number of aliphatic carboxylic acids is 1. The summed E-state index contributed by atoms with van der Waals surface area (Å²) in [5.74, 6) is -0.964. The summed E-state index contributed by atoms with van der Waals surface area (Å²) in [6.07, 6.45) is 3.89. The Hall–Kier alpha value is -2.96. The molecule has 0 saturated heterocycles. The van der Waals surface area contributed by atoms with Crippen LogP contribution in [0.5, 0.6) is 0 Å². The lowest BCUT2D eigenvalue weighted by atomic mass is 10.0. The lowest BCUT2D eigenvalue weighted by Crippen LogP contribution is -2.15. The normalized spacial score (nSPS) is 10.8. The second-order valence-corrected chi connectivity index (χ2v) is 4.40. The van der Waals surface area contributed by atoms with Crippen LogP contribution in [0.2, 0.25) is 0 Å². The zero-order valence-corrected chi connectivity index (χ0v) is 11.6. The molecule has 0 radical (unpaired) electrons. The minimum absolute atomic E-state index is 0.303. The number of aromatic nitrogens is 3. The summed E-state index contributed by atoms with van der Waals surface area (Å²) < 4.78 is 1.45. The Labute approximate surface area is 120 Å². The van der Waals surface area contributed by atoms with E-state index in [9.17, 15) is 9.59 Å². The summed E-state index contributed by atoms with van der Waals surface area (Å²) in [4.78, 5) is 26.5. The van der Waals surface area contributed by atoms with E-state index in [1.165, 1.54) is 17.1 Å². The van der Waals surface area contributed by atoms with Gasteiger partial charge in [-0.25, -0.2) is 9.48 Å². The SMILES string of the molecule is Cc1cc(C(=O)Nc2ncnn2C)ccc1/C=C/C(=O)O. The Morgan fingerprint density at radius 2 is 2.14 bits per heavy atom. The number of aryl methyl sites for hydroxylation is 2. The minimum Gasteiger partial charge on any atom is -0.478 e. The largest absolute Gasteiger partial charge is 0.478 e. The van der Waals surface area contributed by atoms with E-state index in [1.54, 1.807) is 32.2 Å². The van der Waals surface area contributed by atoms with Gasteiger partial charge in [0.25, 0.3) is 5.91 Å². The van der Waals surface area contributed by atoms with Crippen molar-refractivity contribution in [1.29, 1.82) is 0 Å². The van der Waals surface area contributed by atoms with Crippen LogP contribution in [0.1, 0.15) is 21.5 Å². The van der Waals surface area contributed by atoms with Crippen LogP contribution in [-0.2, 0) is 11.8 Å². The number of hydrogen-bond acceptors (Lipinski definition) is 4. The molecule has 0 fully saturated rings. The van der Waals surface area contributed by atoms with E-state index < -0.39 is 5.97 Å². The minimum atomic E-state index is -1.02. The van der Waals surface area contributed by atoms with Gasteiger partial charge < -0.3 is 5.11 Å². The molecule has 2 N–H and O–H groups in total. The number of nitrogens with one attached hydrogen (secondary N) is 1. The predicted molar refractivity (Wildman–Crippen MR) is 76.8 cm³/mol. The molecule has 1 aromatic carbocycles. The van der Waals surface area contributed by atoms with Crippen molar-refractivity contribution in [2.75, 3.05) is 5.32 Å². The first-order valence-corrected chi connectivity index (χ1v) is 6.14. The number of carbonyl (C=O) groups is 2. The third-order valence-electron chi connectivity index (χ3n) is 2.87. The number of carboxylic acids is 1. The number of amides is 1. The summed E-state index contributed by atoms with van der Waals surface area (Å²) in [5, 5.41) is 15.1. The summed E-state index contributed by atoms with van der Waals surface area (Å²) in [6, 6.07) is 5.01. The third-order valence-corrected chi connectivity index (χ3v) is 2.87. The fourth-order valence-corrected chi connectivity index (χ4v) is 1.75. The average molecular weight is 286 g/mol. The molecular formula is C14H14N4O3. The van der Waals surface area contributed by atoms with Gasteiger partial charge in [-0.2, -0.15) is 10.1 Å². The molecule has 7 heteroatoms. The standard InChI is InChI=1S/C14H14N4O3/c1-9-7-11(4-3-10(9)5-6-12(19)20)13(21)17-14-15-8-16-18(14)2/h3-8H,1-2H3,(H,19,20)(H,15,16,17,21)/b6-5+. The molecule has 2 aromatic rings. The van der Waals surface area contributed by atoms with Gasteiger partial charge in [-0.3, -0.25) is 10.1 Å². The monoisotopic (exact) mass is 286 g/mol. The van der Waals surface area contributed by atoms with E-state index >= 15 is 0 Å². The number of rotatable bonds is 4. The topological polar surface area (TPSA) is 97.1 Å². The van der Waals surface area contributed by atoms with E-state index in [0.717, 1.165) is 17.2 Å². The number of hydrogen-bond donors (Lipinski definition) is 2. The van der Waals surface area contributed by atoms with Crippen LogP contribution < -0.4 is 5.32 Å². The van der Waals surface area contributed by atoms with Gasteiger partial charge in [0.1, 0.15) is 6.33 Å². The van der Waals surface area contributed by atoms with Gasteiger partial charge in [0.15, 0.2) is 0 Å². The highest BCUT2D eigenvalue weighted by Gasteiger charge is 2.10. The highest BCUT2D eigenvalue weighted by atomic mass is 16.4. The molecule has 108 valence electrons. The van der Waals surface area contributed by atoms with Crippen LogP contribution in [0.3, 0.4) is 0 Å². The average Bonchev–Trinajstić information content (AvgIpc) is 2.82. The van der Waals surface area contributed by atoms with Crippen molar-refractivity contribution in [3.05, 3.63) is 47.3 Å². The molecule has 21 heavy (non-hydrogen) atoms. The Bertz CT molecular complexity index is 719. The van der Waals surface area contributed by atoms with E-state index in [1.807, 2.05) is 0 Å². The molecule has 1 aromatic heterocycles. The Kier molecular flexibility index (Phi) is 4.13. The van der Waals surface area contributed by atoms with E-state index in [0.29, 0.717) is 11.5 Å². The van der Waals surface area contributed by atoms with Gasteiger partial charge >= 0.3 is 5.97 Å². The second kappa shape index (κ2) is 6.00. The zero-order valence-electron chi connectivity index (χ0n) is 11.6. The van der Waals surface area contributed by atoms with Gasteiger partial charge in [0, 0.05) is 18.7 Å². The molecule has 1 heterocycles. The molecule has 0 spiro atoms. The molecular weight excluding hydrogens is 272 g/mol. The van der Waals surface area contributed by atoms with Crippen molar-refractivity contribution >= 4 is 23.9 Å². The first-order valence-electron chi connectivity index (χ1n) is 6.14. The predicted octanol–water partition coefficient (Wildman–Crippen LogP) is 1.47. The molecule has 0 aliphatic heterocycles. The van der Waals surface area contributed by atoms with Crippen molar-refractivity contribution in [3.8, 4) is 0 Å². The number of nitrogens with zero attached hydrogens (tertiary/aromatic N) is 3. The van der Waals surface area contributed by atoms with Crippen LogP contribution in [0.4, 0.5) is 5.95 Å². The first-order chi connectivity index (χ1) is 9.97. The molecule has 0 bridgehead atoms.